The summed E-state index contributed by atoms with van der Waals surface area (Å²) in [5.41, 5.74) is 6.59. The van der Waals surface area contributed by atoms with E-state index in [1.165, 1.54) is 6.20 Å². The van der Waals surface area contributed by atoms with Crippen LogP contribution in [0.3, 0.4) is 0 Å². The molecule has 0 spiro atoms. The Morgan fingerprint density at radius 1 is 1.12 bits per heavy atom. The van der Waals surface area contributed by atoms with E-state index in [-0.39, 0.29) is 11.4 Å². The van der Waals surface area contributed by atoms with Crippen LogP contribution < -0.4 is 15.2 Å². The quantitative estimate of drug-likeness (QED) is 0.362. The van der Waals surface area contributed by atoms with Gasteiger partial charge in [-0.2, -0.15) is 0 Å². The number of carbonyl (C=O) groups is 1. The standard InChI is InChI=1S/C17H19N3O4/c1-3-22-14-8-7-12(10-15(14)23-4-2)17(21)24-20-16(18)13-6-5-9-19-11-13/h5-11H,3-4H2,1-2H3,(H2,18,20). The molecule has 0 amide bonds. The predicted octanol–water partition coefficient (Wildman–Crippen LogP) is 2.36. The van der Waals surface area contributed by atoms with E-state index in [1.807, 2.05) is 13.8 Å². The molecule has 7 nitrogen and oxygen atoms in total. The average Bonchev–Trinajstić information content (AvgIpc) is 2.62. The number of benzene rings is 1. The minimum Gasteiger partial charge on any atom is -0.490 e. The van der Waals surface area contributed by atoms with Crippen molar-refractivity contribution in [3.8, 4) is 11.5 Å². The van der Waals surface area contributed by atoms with Gasteiger partial charge in [-0.15, -0.1) is 0 Å². The first-order valence-corrected chi connectivity index (χ1v) is 7.50. The Morgan fingerprint density at radius 2 is 1.88 bits per heavy atom. The van der Waals surface area contributed by atoms with Crippen molar-refractivity contribution in [1.29, 1.82) is 0 Å². The van der Waals surface area contributed by atoms with Gasteiger partial charge in [0.15, 0.2) is 17.3 Å². The van der Waals surface area contributed by atoms with Crippen molar-refractivity contribution in [2.45, 2.75) is 13.8 Å². The van der Waals surface area contributed by atoms with Crippen LogP contribution in [0.1, 0.15) is 29.8 Å². The lowest BCUT2D eigenvalue weighted by Crippen LogP contribution is -2.15. The van der Waals surface area contributed by atoms with E-state index in [4.69, 9.17) is 20.0 Å². The van der Waals surface area contributed by atoms with Crippen LogP contribution in [0.5, 0.6) is 11.5 Å². The molecule has 0 aliphatic carbocycles. The van der Waals surface area contributed by atoms with Crippen LogP contribution in [-0.4, -0.2) is 30.0 Å². The highest BCUT2D eigenvalue weighted by molar-refractivity contribution is 5.98. The third kappa shape index (κ3) is 4.45. The van der Waals surface area contributed by atoms with Gasteiger partial charge < -0.3 is 20.0 Å². The number of ether oxygens (including phenoxy) is 2. The highest BCUT2D eigenvalue weighted by Crippen LogP contribution is 2.28. The number of hydrogen-bond donors (Lipinski definition) is 1. The number of rotatable bonds is 7. The van der Waals surface area contributed by atoms with Crippen LogP contribution in [0.2, 0.25) is 0 Å². The maximum atomic E-state index is 12.1. The Labute approximate surface area is 140 Å². The summed E-state index contributed by atoms with van der Waals surface area (Å²) in [6, 6.07) is 8.20. The SMILES string of the molecule is CCOc1ccc(C(=O)ON=C(N)c2cccnc2)cc1OCC. The van der Waals surface area contributed by atoms with Gasteiger partial charge in [0, 0.05) is 18.0 Å². The minimum absolute atomic E-state index is 0.0624. The molecule has 126 valence electrons. The maximum absolute atomic E-state index is 12.1. The molecule has 1 heterocycles. The molecule has 0 aliphatic heterocycles. The van der Waals surface area contributed by atoms with Gasteiger partial charge >= 0.3 is 5.97 Å². The number of pyridine rings is 1. The van der Waals surface area contributed by atoms with Gasteiger partial charge in [0.1, 0.15) is 0 Å². The van der Waals surface area contributed by atoms with Gasteiger partial charge in [-0.05, 0) is 44.2 Å². The number of amidine groups is 1. The van der Waals surface area contributed by atoms with Gasteiger partial charge in [0.05, 0.1) is 18.8 Å². The zero-order valence-corrected chi connectivity index (χ0v) is 13.6. The molecule has 0 fully saturated rings. The van der Waals surface area contributed by atoms with E-state index in [0.717, 1.165) is 0 Å². The lowest BCUT2D eigenvalue weighted by Gasteiger charge is -2.11. The first-order valence-electron chi connectivity index (χ1n) is 7.50. The molecule has 1 aromatic heterocycles. The van der Waals surface area contributed by atoms with Crippen LogP contribution in [0.15, 0.2) is 47.9 Å². The summed E-state index contributed by atoms with van der Waals surface area (Å²) in [7, 11) is 0. The summed E-state index contributed by atoms with van der Waals surface area (Å²) in [4.78, 5) is 20.9. The van der Waals surface area contributed by atoms with E-state index in [0.29, 0.717) is 30.3 Å². The zero-order chi connectivity index (χ0) is 17.4. The molecule has 7 heteroatoms. The van der Waals surface area contributed by atoms with Crippen LogP contribution in [-0.2, 0) is 4.84 Å². The molecule has 2 N–H and O–H groups in total. The fourth-order valence-electron chi connectivity index (χ4n) is 1.89. The van der Waals surface area contributed by atoms with Crippen molar-refractivity contribution in [3.63, 3.8) is 0 Å². The van der Waals surface area contributed by atoms with Crippen molar-refractivity contribution in [1.82, 2.24) is 4.98 Å². The fraction of sp³-hybridized carbons (Fsp3) is 0.235. The second kappa shape index (κ2) is 8.52. The smallest absolute Gasteiger partial charge is 0.365 e. The molecule has 0 saturated heterocycles. The molecular formula is C17H19N3O4. The number of carbonyl (C=O) groups excluding carboxylic acids is 1. The van der Waals surface area contributed by atoms with Crippen molar-refractivity contribution in [2.24, 2.45) is 10.9 Å². The number of nitrogens with zero attached hydrogens (tertiary/aromatic N) is 2. The monoisotopic (exact) mass is 329 g/mol. The Kier molecular flexibility index (Phi) is 6.13. The maximum Gasteiger partial charge on any atom is 0.365 e. The highest BCUT2D eigenvalue weighted by atomic mass is 16.7. The van der Waals surface area contributed by atoms with Crippen LogP contribution in [0.4, 0.5) is 0 Å². The Morgan fingerprint density at radius 3 is 2.54 bits per heavy atom. The van der Waals surface area contributed by atoms with Gasteiger partial charge in [-0.3, -0.25) is 4.98 Å². The minimum atomic E-state index is -0.647. The number of aromatic nitrogens is 1. The second-order valence-electron chi connectivity index (χ2n) is 4.62. The number of hydrogen-bond acceptors (Lipinski definition) is 6. The lowest BCUT2D eigenvalue weighted by molar-refractivity contribution is 0.0515. The van der Waals surface area contributed by atoms with Crippen LogP contribution >= 0.6 is 0 Å². The van der Waals surface area contributed by atoms with E-state index in [9.17, 15) is 4.79 Å². The molecular weight excluding hydrogens is 310 g/mol. The molecule has 2 rings (SSSR count). The third-order valence-electron chi connectivity index (χ3n) is 2.96. The zero-order valence-electron chi connectivity index (χ0n) is 13.6. The fourth-order valence-corrected chi connectivity index (χ4v) is 1.89. The molecule has 1 aromatic carbocycles. The predicted molar refractivity (Wildman–Crippen MR) is 89.2 cm³/mol. The van der Waals surface area contributed by atoms with Crippen LogP contribution in [0, 0.1) is 0 Å². The van der Waals surface area contributed by atoms with Gasteiger partial charge in [0.2, 0.25) is 0 Å². The number of oxime groups is 1. The van der Waals surface area contributed by atoms with Gasteiger partial charge in [-0.25, -0.2) is 4.79 Å². The van der Waals surface area contributed by atoms with Gasteiger partial charge in [-0.1, -0.05) is 5.16 Å². The van der Waals surface area contributed by atoms with E-state index >= 15 is 0 Å². The van der Waals surface area contributed by atoms with Gasteiger partial charge in [0.25, 0.3) is 0 Å². The van der Waals surface area contributed by atoms with Crippen LogP contribution in [0.25, 0.3) is 0 Å². The molecule has 0 aliphatic rings. The van der Waals surface area contributed by atoms with Crippen molar-refractivity contribution >= 4 is 11.8 Å². The molecule has 0 bridgehead atoms. The van der Waals surface area contributed by atoms with Crippen molar-refractivity contribution in [3.05, 3.63) is 53.9 Å². The topological polar surface area (TPSA) is 96.0 Å². The van der Waals surface area contributed by atoms with Crippen molar-refractivity contribution in [2.75, 3.05) is 13.2 Å². The van der Waals surface area contributed by atoms with Crippen molar-refractivity contribution < 1.29 is 19.1 Å². The largest absolute Gasteiger partial charge is 0.490 e. The average molecular weight is 329 g/mol. The lowest BCUT2D eigenvalue weighted by atomic mass is 10.2. The Hall–Kier alpha value is -3.09. The summed E-state index contributed by atoms with van der Waals surface area (Å²) in [6.45, 7) is 4.66. The summed E-state index contributed by atoms with van der Waals surface area (Å²) in [6.07, 6.45) is 3.13. The second-order valence-corrected chi connectivity index (χ2v) is 4.62. The molecule has 0 atom stereocenters. The molecule has 0 radical (unpaired) electrons. The summed E-state index contributed by atoms with van der Waals surface area (Å²) >= 11 is 0. The third-order valence-corrected chi connectivity index (χ3v) is 2.96. The Bertz CT molecular complexity index is 717. The van der Waals surface area contributed by atoms with E-state index in [2.05, 4.69) is 10.1 Å². The molecule has 0 unspecified atom stereocenters. The molecule has 2 aromatic rings. The number of nitrogens with two attached hydrogens (primary N) is 1. The summed E-state index contributed by atoms with van der Waals surface area (Å²) in [5, 5.41) is 3.64. The van der Waals surface area contributed by atoms with E-state index < -0.39 is 5.97 Å². The highest BCUT2D eigenvalue weighted by Gasteiger charge is 2.13. The molecule has 24 heavy (non-hydrogen) atoms. The normalized spacial score (nSPS) is 11.0. The summed E-state index contributed by atoms with van der Waals surface area (Å²) in [5.74, 6) is 0.450. The van der Waals surface area contributed by atoms with E-state index in [1.54, 1.807) is 36.5 Å². The first-order chi connectivity index (χ1) is 11.7. The first kappa shape index (κ1) is 17.3. The summed E-state index contributed by atoms with van der Waals surface area (Å²) < 4.78 is 10.9. The Balaban J connectivity index is 2.13. The molecule has 0 saturated carbocycles.